The van der Waals surface area contributed by atoms with Crippen LogP contribution in [0.2, 0.25) is 0 Å². The molecular formula is C19H18N2OS2. The number of nitrogens with zero attached hydrogens (tertiary/aromatic N) is 1. The van der Waals surface area contributed by atoms with E-state index < -0.39 is 0 Å². The van der Waals surface area contributed by atoms with Crippen LogP contribution < -0.4 is 5.32 Å². The molecule has 1 aromatic carbocycles. The van der Waals surface area contributed by atoms with E-state index in [4.69, 9.17) is 12.2 Å². The summed E-state index contributed by atoms with van der Waals surface area (Å²) in [5, 5.41) is 13.1. The number of rotatable bonds is 3. The van der Waals surface area contributed by atoms with Gasteiger partial charge in [0, 0.05) is 0 Å². The smallest absolute Gasteiger partial charge is 0.229 e. The van der Waals surface area contributed by atoms with E-state index in [0.29, 0.717) is 22.9 Å². The number of anilines is 1. The highest BCUT2D eigenvalue weighted by molar-refractivity contribution is 7.73. The number of carbonyl (C=O) groups is 1. The van der Waals surface area contributed by atoms with Gasteiger partial charge in [-0.25, -0.2) is 0 Å². The molecule has 0 saturated heterocycles. The maximum absolute atomic E-state index is 12.3. The summed E-state index contributed by atoms with van der Waals surface area (Å²) in [6, 6.07) is 11.9. The normalized spacial score (nSPS) is 16.1. The molecule has 0 bridgehead atoms. The molecule has 24 heavy (non-hydrogen) atoms. The van der Waals surface area contributed by atoms with Crippen LogP contribution in [0.3, 0.4) is 0 Å². The van der Waals surface area contributed by atoms with Crippen molar-refractivity contribution in [2.75, 3.05) is 5.32 Å². The first-order valence-electron chi connectivity index (χ1n) is 8.01. The molecule has 3 rings (SSSR count). The summed E-state index contributed by atoms with van der Waals surface area (Å²) < 4.78 is 0.797. The van der Waals surface area contributed by atoms with Crippen LogP contribution in [0.5, 0.6) is 0 Å². The SMILES string of the molecule is CC1CCc2c(C#N)c(NC(=O)Cc3ccccc3)sc(=S)c2C1. The lowest BCUT2D eigenvalue weighted by molar-refractivity contribution is -0.115. The third-order valence-corrected chi connectivity index (χ3v) is 5.78. The fraction of sp³-hybridized carbons (Fsp3) is 0.316. The van der Waals surface area contributed by atoms with Crippen LogP contribution in [0.15, 0.2) is 30.3 Å². The van der Waals surface area contributed by atoms with Gasteiger partial charge in [0.1, 0.15) is 11.1 Å². The molecular weight excluding hydrogens is 336 g/mol. The predicted molar refractivity (Wildman–Crippen MR) is 99.8 cm³/mol. The van der Waals surface area contributed by atoms with Crippen LogP contribution in [0, 0.1) is 21.1 Å². The number of hydrogen-bond acceptors (Lipinski definition) is 4. The third kappa shape index (κ3) is 3.55. The number of amides is 1. The molecule has 0 aliphatic heterocycles. The Bertz CT molecular complexity index is 865. The van der Waals surface area contributed by atoms with E-state index in [1.54, 1.807) is 0 Å². The minimum atomic E-state index is -0.118. The fourth-order valence-electron chi connectivity index (χ4n) is 3.10. The van der Waals surface area contributed by atoms with E-state index >= 15 is 0 Å². The monoisotopic (exact) mass is 354 g/mol. The van der Waals surface area contributed by atoms with Gasteiger partial charge in [0.2, 0.25) is 5.91 Å². The average molecular weight is 355 g/mol. The number of nitriles is 1. The van der Waals surface area contributed by atoms with Gasteiger partial charge in [-0.05, 0) is 41.9 Å². The second-order valence-corrected chi connectivity index (χ2v) is 7.91. The summed E-state index contributed by atoms with van der Waals surface area (Å²) in [6.45, 7) is 2.21. The average Bonchev–Trinajstić information content (AvgIpc) is 2.56. The van der Waals surface area contributed by atoms with Crippen LogP contribution >= 0.6 is 23.6 Å². The molecule has 1 aliphatic carbocycles. The topological polar surface area (TPSA) is 52.9 Å². The van der Waals surface area contributed by atoms with E-state index in [2.05, 4.69) is 18.3 Å². The maximum Gasteiger partial charge on any atom is 0.229 e. The van der Waals surface area contributed by atoms with Crippen LogP contribution in [0.4, 0.5) is 5.00 Å². The molecule has 0 saturated carbocycles. The summed E-state index contributed by atoms with van der Waals surface area (Å²) in [6.07, 6.45) is 3.14. The molecule has 0 fully saturated rings. The predicted octanol–water partition coefficient (Wildman–Crippen LogP) is 4.66. The molecule has 2 aromatic rings. The number of benzene rings is 1. The van der Waals surface area contributed by atoms with E-state index in [9.17, 15) is 10.1 Å². The molecule has 1 heterocycles. The van der Waals surface area contributed by atoms with Gasteiger partial charge in [0.25, 0.3) is 0 Å². The lowest BCUT2D eigenvalue weighted by Gasteiger charge is -2.23. The van der Waals surface area contributed by atoms with Gasteiger partial charge in [-0.2, -0.15) is 5.26 Å². The zero-order chi connectivity index (χ0) is 17.1. The number of fused-ring (bicyclic) bond motifs is 1. The van der Waals surface area contributed by atoms with E-state index in [1.807, 2.05) is 30.3 Å². The summed E-state index contributed by atoms with van der Waals surface area (Å²) in [5.74, 6) is 0.476. The van der Waals surface area contributed by atoms with E-state index in [1.165, 1.54) is 11.3 Å². The van der Waals surface area contributed by atoms with Gasteiger partial charge < -0.3 is 5.32 Å². The van der Waals surface area contributed by atoms with Crippen LogP contribution in [-0.4, -0.2) is 5.91 Å². The molecule has 5 heteroatoms. The van der Waals surface area contributed by atoms with Gasteiger partial charge in [0.15, 0.2) is 0 Å². The van der Waals surface area contributed by atoms with Crippen LogP contribution in [-0.2, 0) is 24.1 Å². The van der Waals surface area contributed by atoms with E-state index in [0.717, 1.165) is 39.8 Å². The zero-order valence-electron chi connectivity index (χ0n) is 13.5. The Labute approximate surface area is 151 Å². The van der Waals surface area contributed by atoms with Gasteiger partial charge >= 0.3 is 0 Å². The summed E-state index contributed by atoms with van der Waals surface area (Å²) in [5.41, 5.74) is 3.71. The largest absolute Gasteiger partial charge is 0.316 e. The summed E-state index contributed by atoms with van der Waals surface area (Å²) >= 11 is 6.87. The van der Waals surface area contributed by atoms with Crippen molar-refractivity contribution in [1.29, 1.82) is 5.26 Å². The van der Waals surface area contributed by atoms with Crippen molar-refractivity contribution >= 4 is 34.5 Å². The Morgan fingerprint density at radius 3 is 2.83 bits per heavy atom. The highest BCUT2D eigenvalue weighted by Crippen LogP contribution is 2.35. The van der Waals surface area contributed by atoms with Gasteiger partial charge in [-0.1, -0.05) is 49.5 Å². The molecule has 0 spiro atoms. The van der Waals surface area contributed by atoms with Gasteiger partial charge in [0.05, 0.1) is 15.8 Å². The standard InChI is InChI=1S/C19H18N2OS2/c1-12-7-8-14-15(9-12)19(23)24-18(16(14)11-20)21-17(22)10-13-5-3-2-4-6-13/h2-6,12H,7-10H2,1H3,(H,21,22). The Morgan fingerprint density at radius 2 is 2.12 bits per heavy atom. The molecule has 1 N–H and O–H groups in total. The molecule has 3 nitrogen and oxygen atoms in total. The Balaban J connectivity index is 1.89. The summed E-state index contributed by atoms with van der Waals surface area (Å²) in [4.78, 5) is 12.3. The van der Waals surface area contributed by atoms with Crippen molar-refractivity contribution in [2.45, 2.75) is 32.6 Å². The molecule has 1 aliphatic rings. The van der Waals surface area contributed by atoms with Crippen molar-refractivity contribution in [1.82, 2.24) is 0 Å². The maximum atomic E-state index is 12.3. The fourth-order valence-corrected chi connectivity index (χ4v) is 4.51. The number of nitrogens with one attached hydrogen (secondary N) is 1. The second-order valence-electron chi connectivity index (χ2n) is 6.22. The highest BCUT2D eigenvalue weighted by atomic mass is 32.1. The second kappa shape index (κ2) is 7.25. The number of hydrogen-bond donors (Lipinski definition) is 1. The molecule has 1 atom stereocenters. The Kier molecular flexibility index (Phi) is 5.08. The molecule has 1 unspecified atom stereocenters. The van der Waals surface area contributed by atoms with Crippen molar-refractivity contribution < 1.29 is 4.79 Å². The van der Waals surface area contributed by atoms with Gasteiger partial charge in [-0.3, -0.25) is 4.79 Å². The Morgan fingerprint density at radius 1 is 1.38 bits per heavy atom. The minimum absolute atomic E-state index is 0.118. The van der Waals surface area contributed by atoms with Crippen LogP contribution in [0.1, 0.15) is 35.6 Å². The lowest BCUT2D eigenvalue weighted by atomic mass is 9.85. The molecule has 0 radical (unpaired) electrons. The van der Waals surface area contributed by atoms with Crippen molar-refractivity contribution in [3.8, 4) is 6.07 Å². The first kappa shape index (κ1) is 16.8. The molecule has 1 amide bonds. The van der Waals surface area contributed by atoms with Crippen molar-refractivity contribution in [2.24, 2.45) is 5.92 Å². The highest BCUT2D eigenvalue weighted by Gasteiger charge is 2.23. The lowest BCUT2D eigenvalue weighted by Crippen LogP contribution is -2.18. The first-order chi connectivity index (χ1) is 11.6. The summed E-state index contributed by atoms with van der Waals surface area (Å²) in [7, 11) is 0. The first-order valence-corrected chi connectivity index (χ1v) is 9.23. The number of carbonyl (C=O) groups excluding carboxylic acids is 1. The van der Waals surface area contributed by atoms with Crippen molar-refractivity contribution in [3.63, 3.8) is 0 Å². The van der Waals surface area contributed by atoms with Gasteiger partial charge in [-0.15, -0.1) is 11.3 Å². The van der Waals surface area contributed by atoms with Crippen LogP contribution in [0.25, 0.3) is 0 Å². The third-order valence-electron chi connectivity index (χ3n) is 4.35. The minimum Gasteiger partial charge on any atom is -0.316 e. The molecule has 122 valence electrons. The zero-order valence-corrected chi connectivity index (χ0v) is 15.1. The van der Waals surface area contributed by atoms with E-state index in [-0.39, 0.29) is 5.91 Å². The Hall–Kier alpha value is -2.03. The molecule has 1 aromatic heterocycles. The van der Waals surface area contributed by atoms with Crippen molar-refractivity contribution in [3.05, 3.63) is 56.4 Å². The quantitative estimate of drug-likeness (QED) is 0.816.